The molecule has 0 spiro atoms. The van der Waals surface area contributed by atoms with Crippen molar-refractivity contribution in [3.05, 3.63) is 48.5 Å². The predicted molar refractivity (Wildman–Crippen MR) is 117 cm³/mol. The number of unbranched alkanes of at least 4 members (excludes halogenated alkanes) is 1. The summed E-state index contributed by atoms with van der Waals surface area (Å²) >= 11 is 0. The monoisotopic (exact) mass is 458 g/mol. The molecule has 8 nitrogen and oxygen atoms in total. The van der Waals surface area contributed by atoms with E-state index in [4.69, 9.17) is 5.73 Å². The molecule has 1 amide bonds. The van der Waals surface area contributed by atoms with E-state index in [1.807, 2.05) is 25.1 Å². The number of carbonyl (C=O) groups excluding carboxylic acids is 1. The van der Waals surface area contributed by atoms with E-state index in [1.165, 1.54) is 22.7 Å². The fourth-order valence-electron chi connectivity index (χ4n) is 3.45. The van der Waals surface area contributed by atoms with Crippen molar-refractivity contribution in [3.8, 4) is 17.1 Å². The number of halogens is 3. The summed E-state index contributed by atoms with van der Waals surface area (Å²) in [5.74, 6) is -0.476. The highest BCUT2D eigenvalue weighted by Crippen LogP contribution is 2.29. The molecular weight excluding hydrogens is 437 g/mol. The van der Waals surface area contributed by atoms with E-state index in [0.717, 1.165) is 12.8 Å². The zero-order valence-corrected chi connectivity index (χ0v) is 17.6. The number of nitrogens with zero attached hydrogens (tertiary/aromatic N) is 4. The average molecular weight is 458 g/mol. The largest absolute Gasteiger partial charge is 0.573 e. The number of aromatic nitrogens is 4. The van der Waals surface area contributed by atoms with Crippen molar-refractivity contribution >= 4 is 28.4 Å². The highest BCUT2D eigenvalue weighted by molar-refractivity contribution is 5.93. The molecule has 0 aliphatic rings. The summed E-state index contributed by atoms with van der Waals surface area (Å²) in [6, 6.07) is 12.0. The molecule has 0 radical (unpaired) electrons. The minimum atomic E-state index is -4.82. The van der Waals surface area contributed by atoms with Gasteiger partial charge in [0.25, 0.3) is 0 Å². The first-order valence-electron chi connectivity index (χ1n) is 10.3. The van der Waals surface area contributed by atoms with E-state index >= 15 is 0 Å². The Kier molecular flexibility index (Phi) is 6.03. The van der Waals surface area contributed by atoms with Gasteiger partial charge in [-0.2, -0.15) is 4.52 Å². The number of para-hydroxylation sites is 1. The van der Waals surface area contributed by atoms with Gasteiger partial charge in [-0.1, -0.05) is 44.0 Å². The van der Waals surface area contributed by atoms with Gasteiger partial charge in [0.15, 0.2) is 11.5 Å². The molecule has 2 aromatic carbocycles. The Balaban J connectivity index is 1.82. The van der Waals surface area contributed by atoms with Gasteiger partial charge in [0.2, 0.25) is 11.9 Å². The highest BCUT2D eigenvalue weighted by Gasteiger charge is 2.31. The molecule has 172 valence electrons. The van der Waals surface area contributed by atoms with E-state index in [-0.39, 0.29) is 17.5 Å². The van der Waals surface area contributed by atoms with E-state index in [0.29, 0.717) is 28.5 Å². The summed E-state index contributed by atoms with van der Waals surface area (Å²) in [7, 11) is 0. The first kappa shape index (κ1) is 22.3. The Hall–Kier alpha value is -3.89. The second-order valence-corrected chi connectivity index (χ2v) is 7.44. The number of nitrogens with two attached hydrogens (primary N) is 1. The minimum absolute atomic E-state index is 0.174. The van der Waals surface area contributed by atoms with Crippen molar-refractivity contribution in [1.82, 2.24) is 19.6 Å². The van der Waals surface area contributed by atoms with Crippen LogP contribution in [0.3, 0.4) is 0 Å². The summed E-state index contributed by atoms with van der Waals surface area (Å²) < 4.78 is 43.3. The second kappa shape index (κ2) is 8.93. The van der Waals surface area contributed by atoms with E-state index in [2.05, 4.69) is 25.1 Å². The van der Waals surface area contributed by atoms with Crippen LogP contribution in [0.2, 0.25) is 0 Å². The SMILES string of the molecule is CCCC[C@@H](Nc1nc2ccccc2c2nc(-c3cccc(OC(F)(F)F)c3)nn12)C(N)=O. The van der Waals surface area contributed by atoms with E-state index in [9.17, 15) is 18.0 Å². The van der Waals surface area contributed by atoms with Gasteiger partial charge in [-0.25, -0.2) is 9.97 Å². The normalized spacial score (nSPS) is 12.7. The van der Waals surface area contributed by atoms with Crippen molar-refractivity contribution < 1.29 is 22.7 Å². The first-order chi connectivity index (χ1) is 15.7. The molecular formula is C22H21F3N6O2. The van der Waals surface area contributed by atoms with Crippen molar-refractivity contribution in [3.63, 3.8) is 0 Å². The van der Waals surface area contributed by atoms with Gasteiger partial charge in [0.05, 0.1) is 5.52 Å². The van der Waals surface area contributed by atoms with Crippen LogP contribution in [0.1, 0.15) is 26.2 Å². The number of benzene rings is 2. The van der Waals surface area contributed by atoms with Crippen LogP contribution in [0.15, 0.2) is 48.5 Å². The van der Waals surface area contributed by atoms with Crippen LogP contribution < -0.4 is 15.8 Å². The van der Waals surface area contributed by atoms with Gasteiger partial charge in [0.1, 0.15) is 11.8 Å². The van der Waals surface area contributed by atoms with Crippen LogP contribution in [0, 0.1) is 0 Å². The quantitative estimate of drug-likeness (QED) is 0.408. The molecule has 2 aromatic heterocycles. The lowest BCUT2D eigenvalue weighted by Crippen LogP contribution is -2.36. The van der Waals surface area contributed by atoms with E-state index < -0.39 is 18.3 Å². The lowest BCUT2D eigenvalue weighted by Gasteiger charge is -2.16. The van der Waals surface area contributed by atoms with E-state index in [1.54, 1.807) is 12.1 Å². The van der Waals surface area contributed by atoms with Crippen LogP contribution >= 0.6 is 0 Å². The predicted octanol–water partition coefficient (Wildman–Crippen LogP) is 4.30. The summed E-state index contributed by atoms with van der Waals surface area (Å²) in [6.07, 6.45) is -2.63. The number of hydrogen-bond donors (Lipinski definition) is 2. The fourth-order valence-corrected chi connectivity index (χ4v) is 3.45. The van der Waals surface area contributed by atoms with Crippen LogP contribution in [0.5, 0.6) is 5.75 Å². The molecule has 0 bridgehead atoms. The summed E-state index contributed by atoms with van der Waals surface area (Å²) in [5.41, 5.74) is 6.93. The number of rotatable bonds is 8. The van der Waals surface area contributed by atoms with Crippen molar-refractivity contribution in [1.29, 1.82) is 0 Å². The maximum absolute atomic E-state index is 12.6. The highest BCUT2D eigenvalue weighted by atomic mass is 19.4. The summed E-state index contributed by atoms with van der Waals surface area (Å²) in [6.45, 7) is 2.00. The summed E-state index contributed by atoms with van der Waals surface area (Å²) in [4.78, 5) is 21.1. The lowest BCUT2D eigenvalue weighted by molar-refractivity contribution is -0.274. The van der Waals surface area contributed by atoms with Crippen molar-refractivity contribution in [2.24, 2.45) is 5.73 Å². The molecule has 4 rings (SSSR count). The molecule has 0 aliphatic heterocycles. The van der Waals surface area contributed by atoms with Gasteiger partial charge < -0.3 is 15.8 Å². The van der Waals surface area contributed by atoms with Gasteiger partial charge >= 0.3 is 6.36 Å². The number of primary amides is 1. The van der Waals surface area contributed by atoms with Crippen molar-refractivity contribution in [2.45, 2.75) is 38.6 Å². The molecule has 0 aliphatic carbocycles. The number of hydrogen-bond acceptors (Lipinski definition) is 6. The zero-order chi connectivity index (χ0) is 23.6. The Morgan fingerprint density at radius 3 is 2.70 bits per heavy atom. The Morgan fingerprint density at radius 1 is 1.18 bits per heavy atom. The third kappa shape index (κ3) is 4.97. The molecule has 0 saturated carbocycles. The fraction of sp³-hybridized carbons (Fsp3) is 0.273. The molecule has 11 heteroatoms. The lowest BCUT2D eigenvalue weighted by atomic mass is 10.1. The number of carbonyl (C=O) groups is 1. The van der Waals surface area contributed by atoms with Gasteiger partial charge in [-0.3, -0.25) is 4.79 Å². The maximum Gasteiger partial charge on any atom is 0.573 e. The van der Waals surface area contributed by atoms with Gasteiger partial charge in [-0.15, -0.1) is 18.3 Å². The standard InChI is InChI=1S/C22H21F3N6O2/c1-2-3-10-17(18(26)32)28-21-27-16-11-5-4-9-15(16)20-29-19(30-31(20)21)13-7-6-8-14(12-13)33-22(23,24)25/h4-9,11-12,17H,2-3,10H2,1H3,(H2,26,32)(H,27,28)/t17-/m1/s1. The number of alkyl halides is 3. The van der Waals surface area contributed by atoms with Crippen LogP contribution in [0.4, 0.5) is 19.1 Å². The molecule has 2 heterocycles. The second-order valence-electron chi connectivity index (χ2n) is 7.44. The zero-order valence-electron chi connectivity index (χ0n) is 17.6. The Labute approximate surface area is 186 Å². The molecule has 4 aromatic rings. The van der Waals surface area contributed by atoms with Crippen molar-refractivity contribution in [2.75, 3.05) is 5.32 Å². The molecule has 33 heavy (non-hydrogen) atoms. The molecule has 1 atom stereocenters. The number of ether oxygens (including phenoxy) is 1. The number of nitrogens with one attached hydrogen (secondary N) is 1. The third-order valence-electron chi connectivity index (χ3n) is 5.00. The maximum atomic E-state index is 12.6. The molecule has 3 N–H and O–H groups in total. The van der Waals surface area contributed by atoms with Gasteiger partial charge in [0, 0.05) is 10.9 Å². The minimum Gasteiger partial charge on any atom is -0.406 e. The average Bonchev–Trinajstić information content (AvgIpc) is 3.21. The van der Waals surface area contributed by atoms with Crippen LogP contribution in [0.25, 0.3) is 27.9 Å². The molecule has 0 unspecified atom stereocenters. The van der Waals surface area contributed by atoms with Crippen LogP contribution in [-0.2, 0) is 4.79 Å². The molecule has 0 saturated heterocycles. The number of fused-ring (bicyclic) bond motifs is 3. The number of amides is 1. The Bertz CT molecular complexity index is 1300. The smallest absolute Gasteiger partial charge is 0.406 e. The Morgan fingerprint density at radius 2 is 1.97 bits per heavy atom. The third-order valence-corrected chi connectivity index (χ3v) is 5.00. The topological polar surface area (TPSA) is 107 Å². The first-order valence-corrected chi connectivity index (χ1v) is 10.3. The number of anilines is 1. The molecule has 0 fully saturated rings. The summed E-state index contributed by atoms with van der Waals surface area (Å²) in [5, 5.41) is 8.20. The van der Waals surface area contributed by atoms with Crippen LogP contribution in [-0.4, -0.2) is 37.9 Å². The van der Waals surface area contributed by atoms with Gasteiger partial charge in [-0.05, 0) is 30.7 Å².